The maximum Gasteiger partial charge on any atom is 0.251 e. The first-order chi connectivity index (χ1) is 9.92. The minimum absolute atomic E-state index is 0.0912. The lowest BCUT2D eigenvalue weighted by Gasteiger charge is -2.27. The van der Waals surface area contributed by atoms with E-state index in [1.165, 1.54) is 0 Å². The minimum Gasteiger partial charge on any atom is -0.343 e. The number of benzene rings is 2. The summed E-state index contributed by atoms with van der Waals surface area (Å²) in [6.07, 6.45) is 0. The van der Waals surface area contributed by atoms with Crippen molar-refractivity contribution in [2.75, 3.05) is 0 Å². The van der Waals surface area contributed by atoms with Crippen LogP contribution in [0.2, 0.25) is 0 Å². The molecule has 2 aromatic rings. The SMILES string of the molecule is CC(C)(NC(=O)c1ccc(CN)cc1)c1ccc(Br)cc1. The quantitative estimate of drug-likeness (QED) is 0.888. The molecule has 0 spiro atoms. The predicted octanol–water partition coefficient (Wildman–Crippen LogP) is 3.57. The molecule has 0 heterocycles. The molecule has 1 amide bonds. The summed E-state index contributed by atoms with van der Waals surface area (Å²) in [5, 5.41) is 3.06. The van der Waals surface area contributed by atoms with E-state index in [4.69, 9.17) is 5.73 Å². The molecule has 0 aromatic heterocycles. The number of carbonyl (C=O) groups is 1. The van der Waals surface area contributed by atoms with Crippen molar-refractivity contribution in [3.8, 4) is 0 Å². The molecule has 4 heteroatoms. The van der Waals surface area contributed by atoms with Gasteiger partial charge in [-0.3, -0.25) is 4.79 Å². The van der Waals surface area contributed by atoms with Gasteiger partial charge in [0, 0.05) is 16.6 Å². The average Bonchev–Trinajstić information content (AvgIpc) is 2.47. The number of nitrogens with two attached hydrogens (primary N) is 1. The fraction of sp³-hybridized carbons (Fsp3) is 0.235. The van der Waals surface area contributed by atoms with Crippen LogP contribution in [-0.4, -0.2) is 5.91 Å². The van der Waals surface area contributed by atoms with Crippen LogP contribution in [0.4, 0.5) is 0 Å². The highest BCUT2D eigenvalue weighted by Crippen LogP contribution is 2.22. The van der Waals surface area contributed by atoms with Crippen molar-refractivity contribution in [3.63, 3.8) is 0 Å². The lowest BCUT2D eigenvalue weighted by Crippen LogP contribution is -2.40. The topological polar surface area (TPSA) is 55.1 Å². The van der Waals surface area contributed by atoms with Crippen molar-refractivity contribution in [1.82, 2.24) is 5.32 Å². The van der Waals surface area contributed by atoms with E-state index in [0.717, 1.165) is 15.6 Å². The monoisotopic (exact) mass is 346 g/mol. The number of carbonyl (C=O) groups excluding carboxylic acids is 1. The first-order valence-electron chi connectivity index (χ1n) is 6.80. The molecule has 0 radical (unpaired) electrons. The van der Waals surface area contributed by atoms with Crippen LogP contribution in [0.15, 0.2) is 53.0 Å². The summed E-state index contributed by atoms with van der Waals surface area (Å²) in [6.45, 7) is 4.46. The molecule has 110 valence electrons. The van der Waals surface area contributed by atoms with Crippen LogP contribution in [-0.2, 0) is 12.1 Å². The molecule has 2 aromatic carbocycles. The third kappa shape index (κ3) is 3.93. The third-order valence-electron chi connectivity index (χ3n) is 3.44. The van der Waals surface area contributed by atoms with Crippen LogP contribution >= 0.6 is 15.9 Å². The predicted molar refractivity (Wildman–Crippen MR) is 89.0 cm³/mol. The van der Waals surface area contributed by atoms with E-state index in [1.54, 1.807) is 12.1 Å². The van der Waals surface area contributed by atoms with E-state index in [9.17, 15) is 4.79 Å². The maximum atomic E-state index is 12.3. The van der Waals surface area contributed by atoms with Gasteiger partial charge < -0.3 is 11.1 Å². The van der Waals surface area contributed by atoms with Gasteiger partial charge in [0.05, 0.1) is 5.54 Å². The van der Waals surface area contributed by atoms with Gasteiger partial charge in [0.25, 0.3) is 5.91 Å². The number of halogens is 1. The summed E-state index contributed by atoms with van der Waals surface area (Å²) in [6, 6.07) is 15.3. The highest BCUT2D eigenvalue weighted by molar-refractivity contribution is 9.10. The fourth-order valence-corrected chi connectivity index (χ4v) is 2.35. The zero-order chi connectivity index (χ0) is 15.5. The number of hydrogen-bond donors (Lipinski definition) is 2. The van der Waals surface area contributed by atoms with Gasteiger partial charge >= 0.3 is 0 Å². The fourth-order valence-electron chi connectivity index (χ4n) is 2.09. The molecule has 0 atom stereocenters. The molecule has 0 unspecified atom stereocenters. The van der Waals surface area contributed by atoms with Gasteiger partial charge in [-0.1, -0.05) is 40.2 Å². The molecule has 0 aliphatic heterocycles. The average molecular weight is 347 g/mol. The number of amides is 1. The Kier molecular flexibility index (Phi) is 4.80. The summed E-state index contributed by atoms with van der Waals surface area (Å²) in [7, 11) is 0. The standard InChI is InChI=1S/C17H19BrN2O/c1-17(2,14-7-9-15(18)10-8-14)20-16(21)13-5-3-12(11-19)4-6-13/h3-10H,11,19H2,1-2H3,(H,20,21). The lowest BCUT2D eigenvalue weighted by molar-refractivity contribution is 0.0912. The van der Waals surface area contributed by atoms with Crippen LogP contribution < -0.4 is 11.1 Å². The molecule has 3 nitrogen and oxygen atoms in total. The van der Waals surface area contributed by atoms with E-state index in [0.29, 0.717) is 12.1 Å². The van der Waals surface area contributed by atoms with E-state index < -0.39 is 5.54 Å². The number of rotatable bonds is 4. The highest BCUT2D eigenvalue weighted by atomic mass is 79.9. The first kappa shape index (κ1) is 15.7. The normalized spacial score (nSPS) is 11.2. The maximum absolute atomic E-state index is 12.3. The zero-order valence-electron chi connectivity index (χ0n) is 12.2. The van der Waals surface area contributed by atoms with Gasteiger partial charge in [-0.15, -0.1) is 0 Å². The van der Waals surface area contributed by atoms with E-state index in [-0.39, 0.29) is 5.91 Å². The molecule has 0 fully saturated rings. The molecule has 0 saturated carbocycles. The Morgan fingerprint density at radius 1 is 1.10 bits per heavy atom. The van der Waals surface area contributed by atoms with Crippen molar-refractivity contribution in [1.29, 1.82) is 0 Å². The smallest absolute Gasteiger partial charge is 0.251 e. The van der Waals surface area contributed by atoms with Crippen molar-refractivity contribution in [3.05, 3.63) is 69.7 Å². The Hall–Kier alpha value is -1.65. The summed E-state index contributed by atoms with van der Waals surface area (Å²) in [5.74, 6) is -0.0912. The Morgan fingerprint density at radius 3 is 2.19 bits per heavy atom. The second-order valence-corrected chi connectivity index (χ2v) is 6.40. The van der Waals surface area contributed by atoms with Gasteiger partial charge in [0.2, 0.25) is 0 Å². The van der Waals surface area contributed by atoms with Gasteiger partial charge in [0.1, 0.15) is 0 Å². The van der Waals surface area contributed by atoms with Crippen molar-refractivity contribution >= 4 is 21.8 Å². The second-order valence-electron chi connectivity index (χ2n) is 5.49. The summed E-state index contributed by atoms with van der Waals surface area (Å²) >= 11 is 3.42. The third-order valence-corrected chi connectivity index (χ3v) is 3.97. The molecule has 0 saturated heterocycles. The number of hydrogen-bond acceptors (Lipinski definition) is 2. The summed E-state index contributed by atoms with van der Waals surface area (Å²) < 4.78 is 1.02. The van der Waals surface area contributed by atoms with Crippen LogP contribution in [0.5, 0.6) is 0 Å². The second kappa shape index (κ2) is 6.41. The van der Waals surface area contributed by atoms with Crippen molar-refractivity contribution in [2.45, 2.75) is 25.9 Å². The summed E-state index contributed by atoms with van der Waals surface area (Å²) in [5.41, 5.74) is 7.82. The summed E-state index contributed by atoms with van der Waals surface area (Å²) in [4.78, 5) is 12.3. The van der Waals surface area contributed by atoms with Crippen LogP contribution in [0.1, 0.15) is 35.3 Å². The van der Waals surface area contributed by atoms with Gasteiger partial charge in [-0.05, 0) is 49.2 Å². The molecular weight excluding hydrogens is 328 g/mol. The minimum atomic E-state index is -0.440. The van der Waals surface area contributed by atoms with E-state index in [1.807, 2.05) is 50.2 Å². The van der Waals surface area contributed by atoms with E-state index in [2.05, 4.69) is 21.2 Å². The van der Waals surface area contributed by atoms with Crippen LogP contribution in [0.3, 0.4) is 0 Å². The van der Waals surface area contributed by atoms with E-state index >= 15 is 0 Å². The largest absolute Gasteiger partial charge is 0.343 e. The molecule has 0 aliphatic rings. The molecule has 21 heavy (non-hydrogen) atoms. The molecular formula is C17H19BrN2O. The molecule has 3 N–H and O–H groups in total. The molecule has 0 aliphatic carbocycles. The zero-order valence-corrected chi connectivity index (χ0v) is 13.8. The van der Waals surface area contributed by atoms with Crippen LogP contribution in [0.25, 0.3) is 0 Å². The Morgan fingerprint density at radius 2 is 1.67 bits per heavy atom. The van der Waals surface area contributed by atoms with Crippen molar-refractivity contribution in [2.24, 2.45) is 5.73 Å². The Balaban J connectivity index is 2.14. The molecule has 0 bridgehead atoms. The Labute approximate surface area is 133 Å². The van der Waals surface area contributed by atoms with Crippen LogP contribution in [0, 0.1) is 0 Å². The lowest BCUT2D eigenvalue weighted by atomic mass is 9.94. The number of nitrogens with one attached hydrogen (secondary N) is 1. The van der Waals surface area contributed by atoms with Crippen molar-refractivity contribution < 1.29 is 4.79 Å². The van der Waals surface area contributed by atoms with Gasteiger partial charge in [0.15, 0.2) is 0 Å². The molecule has 2 rings (SSSR count). The van der Waals surface area contributed by atoms with Gasteiger partial charge in [-0.2, -0.15) is 0 Å². The first-order valence-corrected chi connectivity index (χ1v) is 7.59. The Bertz CT molecular complexity index is 618. The van der Waals surface area contributed by atoms with Gasteiger partial charge in [-0.25, -0.2) is 0 Å². The highest BCUT2D eigenvalue weighted by Gasteiger charge is 2.23.